The second-order valence-corrected chi connectivity index (χ2v) is 7.50. The first kappa shape index (κ1) is 17.0. The number of halogens is 1. The van der Waals surface area contributed by atoms with Crippen LogP contribution in [0.3, 0.4) is 0 Å². The first-order valence-corrected chi connectivity index (χ1v) is 9.17. The van der Waals surface area contributed by atoms with Crippen molar-refractivity contribution in [1.82, 2.24) is 15.5 Å². The number of amides is 4. The number of urea groups is 1. The lowest BCUT2D eigenvalue weighted by Crippen LogP contribution is -2.44. The predicted octanol–water partition coefficient (Wildman–Crippen LogP) is 2.05. The lowest BCUT2D eigenvalue weighted by Gasteiger charge is -2.19. The van der Waals surface area contributed by atoms with E-state index in [0.717, 1.165) is 24.8 Å². The van der Waals surface area contributed by atoms with E-state index in [4.69, 9.17) is 0 Å². The van der Waals surface area contributed by atoms with Gasteiger partial charge in [0.05, 0.1) is 0 Å². The number of carbonyl (C=O) groups excluding carboxylic acids is 3. The Morgan fingerprint density at radius 2 is 2.08 bits per heavy atom. The van der Waals surface area contributed by atoms with Crippen LogP contribution >= 0.6 is 0 Å². The molecule has 2 aliphatic carbocycles. The second kappa shape index (κ2) is 6.37. The van der Waals surface area contributed by atoms with Gasteiger partial charge in [0.15, 0.2) is 0 Å². The molecule has 1 aliphatic heterocycles. The van der Waals surface area contributed by atoms with Crippen LogP contribution in [0.15, 0.2) is 24.3 Å². The lowest BCUT2D eigenvalue weighted by molar-refractivity contribution is -0.131. The van der Waals surface area contributed by atoms with Gasteiger partial charge in [0.25, 0.3) is 5.91 Å². The van der Waals surface area contributed by atoms with Gasteiger partial charge in [0.1, 0.15) is 11.4 Å². The predicted molar refractivity (Wildman–Crippen MR) is 91.7 cm³/mol. The Balaban J connectivity index is 1.27. The minimum Gasteiger partial charge on any atom is -0.353 e. The van der Waals surface area contributed by atoms with Crippen molar-refractivity contribution in [3.05, 3.63) is 35.6 Å². The molecule has 0 radical (unpaired) electrons. The summed E-state index contributed by atoms with van der Waals surface area (Å²) in [5.74, 6) is -0.536. The molecule has 4 amide bonds. The van der Waals surface area contributed by atoms with Gasteiger partial charge in [-0.05, 0) is 37.0 Å². The molecular formula is C19H22FN3O3. The first-order valence-electron chi connectivity index (χ1n) is 9.17. The number of imide groups is 1. The summed E-state index contributed by atoms with van der Waals surface area (Å²) in [4.78, 5) is 38.0. The van der Waals surface area contributed by atoms with Crippen molar-refractivity contribution in [3.8, 4) is 0 Å². The SMILES string of the molecule is O=C(CCN1C(=O)NC2(CCCC2)C1=O)N[C@@H]1C[C@@H]1c1cccc(F)c1. The Hall–Kier alpha value is -2.44. The summed E-state index contributed by atoms with van der Waals surface area (Å²) in [6.07, 6.45) is 4.09. The average molecular weight is 359 g/mol. The van der Waals surface area contributed by atoms with Gasteiger partial charge in [-0.25, -0.2) is 9.18 Å². The molecule has 0 aromatic heterocycles. The van der Waals surface area contributed by atoms with Crippen LogP contribution in [-0.4, -0.2) is 40.9 Å². The van der Waals surface area contributed by atoms with Gasteiger partial charge in [-0.3, -0.25) is 14.5 Å². The summed E-state index contributed by atoms with van der Waals surface area (Å²) >= 11 is 0. The van der Waals surface area contributed by atoms with Gasteiger partial charge in [0, 0.05) is 24.9 Å². The quantitative estimate of drug-likeness (QED) is 0.790. The summed E-state index contributed by atoms with van der Waals surface area (Å²) < 4.78 is 13.3. The fraction of sp³-hybridized carbons (Fsp3) is 0.526. The van der Waals surface area contributed by atoms with Crippen LogP contribution in [0.25, 0.3) is 0 Å². The zero-order chi connectivity index (χ0) is 18.3. The molecule has 6 nitrogen and oxygen atoms in total. The van der Waals surface area contributed by atoms with Gasteiger partial charge in [-0.2, -0.15) is 0 Å². The third-order valence-electron chi connectivity index (χ3n) is 5.68. The zero-order valence-corrected chi connectivity index (χ0v) is 14.5. The van der Waals surface area contributed by atoms with E-state index < -0.39 is 11.6 Å². The molecule has 2 atom stereocenters. The number of nitrogens with zero attached hydrogens (tertiary/aromatic N) is 1. The summed E-state index contributed by atoms with van der Waals surface area (Å²) in [5, 5.41) is 5.72. The maximum absolute atomic E-state index is 13.3. The van der Waals surface area contributed by atoms with Crippen LogP contribution in [-0.2, 0) is 9.59 Å². The maximum atomic E-state index is 13.3. The van der Waals surface area contributed by atoms with Crippen molar-refractivity contribution >= 4 is 17.8 Å². The molecule has 1 heterocycles. The van der Waals surface area contributed by atoms with Crippen molar-refractivity contribution in [2.75, 3.05) is 6.54 Å². The molecule has 1 aromatic carbocycles. The highest BCUT2D eigenvalue weighted by Gasteiger charge is 2.52. The number of carbonyl (C=O) groups is 3. The van der Waals surface area contributed by atoms with Crippen LogP contribution < -0.4 is 10.6 Å². The number of hydrogen-bond donors (Lipinski definition) is 2. The molecule has 0 bridgehead atoms. The van der Waals surface area contributed by atoms with Crippen molar-refractivity contribution in [3.63, 3.8) is 0 Å². The van der Waals surface area contributed by atoms with Gasteiger partial charge < -0.3 is 10.6 Å². The second-order valence-electron chi connectivity index (χ2n) is 7.50. The van der Waals surface area contributed by atoms with E-state index in [1.165, 1.54) is 17.0 Å². The zero-order valence-electron chi connectivity index (χ0n) is 14.5. The lowest BCUT2D eigenvalue weighted by atomic mass is 9.98. The molecule has 2 saturated carbocycles. The molecule has 1 aromatic rings. The average Bonchev–Trinajstić information content (AvgIpc) is 3.12. The molecule has 1 saturated heterocycles. The third kappa shape index (κ3) is 3.06. The maximum Gasteiger partial charge on any atom is 0.325 e. The monoisotopic (exact) mass is 359 g/mol. The van der Waals surface area contributed by atoms with E-state index in [9.17, 15) is 18.8 Å². The molecule has 138 valence electrons. The van der Waals surface area contributed by atoms with Gasteiger partial charge in [-0.1, -0.05) is 25.0 Å². The van der Waals surface area contributed by atoms with Crippen molar-refractivity contribution in [2.45, 2.75) is 56.0 Å². The van der Waals surface area contributed by atoms with Crippen LogP contribution in [0.1, 0.15) is 50.0 Å². The molecule has 3 aliphatic rings. The van der Waals surface area contributed by atoms with Crippen LogP contribution in [0, 0.1) is 5.82 Å². The topological polar surface area (TPSA) is 78.5 Å². The summed E-state index contributed by atoms with van der Waals surface area (Å²) in [7, 11) is 0. The number of rotatable bonds is 5. The van der Waals surface area contributed by atoms with E-state index in [1.807, 2.05) is 6.07 Å². The highest BCUT2D eigenvalue weighted by Crippen LogP contribution is 2.41. The smallest absolute Gasteiger partial charge is 0.325 e. The summed E-state index contributed by atoms with van der Waals surface area (Å²) in [6.45, 7) is 0.0929. The van der Waals surface area contributed by atoms with E-state index in [2.05, 4.69) is 10.6 Å². The molecule has 0 unspecified atom stereocenters. The van der Waals surface area contributed by atoms with E-state index in [1.54, 1.807) is 6.07 Å². The van der Waals surface area contributed by atoms with Crippen molar-refractivity contribution < 1.29 is 18.8 Å². The van der Waals surface area contributed by atoms with Gasteiger partial charge in [0.2, 0.25) is 5.91 Å². The van der Waals surface area contributed by atoms with Crippen LogP contribution in [0.2, 0.25) is 0 Å². The third-order valence-corrected chi connectivity index (χ3v) is 5.68. The van der Waals surface area contributed by atoms with Gasteiger partial charge in [-0.15, -0.1) is 0 Å². The molecule has 7 heteroatoms. The molecule has 3 fully saturated rings. The van der Waals surface area contributed by atoms with E-state index in [0.29, 0.717) is 12.8 Å². The van der Waals surface area contributed by atoms with E-state index >= 15 is 0 Å². The molecule has 2 N–H and O–H groups in total. The minimum atomic E-state index is -0.730. The molecule has 4 rings (SSSR count). The van der Waals surface area contributed by atoms with Crippen molar-refractivity contribution in [1.29, 1.82) is 0 Å². The number of benzene rings is 1. The van der Waals surface area contributed by atoms with Crippen LogP contribution in [0.4, 0.5) is 9.18 Å². The highest BCUT2D eigenvalue weighted by atomic mass is 19.1. The minimum absolute atomic E-state index is 0.00594. The van der Waals surface area contributed by atoms with Crippen LogP contribution in [0.5, 0.6) is 0 Å². The Morgan fingerprint density at radius 1 is 1.31 bits per heavy atom. The fourth-order valence-electron chi connectivity index (χ4n) is 4.15. The normalized spacial score (nSPS) is 26.3. The Kier molecular flexibility index (Phi) is 4.17. The molecule has 26 heavy (non-hydrogen) atoms. The standard InChI is InChI=1S/C19H22FN3O3/c20-13-5-3-4-12(10-13)14-11-15(14)21-16(24)6-9-23-17(25)19(22-18(23)26)7-1-2-8-19/h3-5,10,14-15H,1-2,6-9,11H2,(H,21,24)(H,22,26)/t14-,15-/m1/s1. The summed E-state index contributed by atoms with van der Waals surface area (Å²) in [6, 6.07) is 6.01. The van der Waals surface area contributed by atoms with E-state index in [-0.39, 0.29) is 42.6 Å². The van der Waals surface area contributed by atoms with Crippen molar-refractivity contribution in [2.24, 2.45) is 0 Å². The molecule has 1 spiro atoms. The Morgan fingerprint density at radius 3 is 2.81 bits per heavy atom. The molecular weight excluding hydrogens is 337 g/mol. The fourth-order valence-corrected chi connectivity index (χ4v) is 4.15. The Labute approximate surface area is 151 Å². The summed E-state index contributed by atoms with van der Waals surface area (Å²) in [5.41, 5.74) is 0.152. The largest absolute Gasteiger partial charge is 0.353 e. The number of nitrogens with one attached hydrogen (secondary N) is 2. The highest BCUT2D eigenvalue weighted by molar-refractivity contribution is 6.07. The first-order chi connectivity index (χ1) is 12.5. The number of hydrogen-bond acceptors (Lipinski definition) is 3. The van der Waals surface area contributed by atoms with Gasteiger partial charge >= 0.3 is 6.03 Å². The Bertz CT molecular complexity index is 760.